The van der Waals surface area contributed by atoms with Crippen molar-refractivity contribution in [1.82, 2.24) is 10.2 Å². The van der Waals surface area contributed by atoms with Gasteiger partial charge < -0.3 is 14.8 Å². The van der Waals surface area contributed by atoms with Gasteiger partial charge in [-0.25, -0.2) is 0 Å². The average molecular weight is 298 g/mol. The van der Waals surface area contributed by atoms with E-state index in [-0.39, 0.29) is 13.0 Å². The van der Waals surface area contributed by atoms with E-state index in [2.05, 4.69) is 4.74 Å². The van der Waals surface area contributed by atoms with Crippen molar-refractivity contribution in [1.29, 1.82) is 0 Å². The molecule has 0 aromatic rings. The summed E-state index contributed by atoms with van der Waals surface area (Å²) in [5.41, 5.74) is 0. The van der Waals surface area contributed by atoms with Gasteiger partial charge in [0.2, 0.25) is 5.91 Å². The molecule has 1 aliphatic rings. The maximum absolute atomic E-state index is 11.9. The monoisotopic (exact) mass is 298 g/mol. The Morgan fingerprint density at radius 3 is 2.75 bits per heavy atom. The fraction of sp³-hybridized carbons (Fsp3) is 0.818. The third kappa shape index (κ3) is 6.71. The molecular weight excluding hydrogens is 281 g/mol. The molecule has 0 aromatic heterocycles. The molecule has 1 aliphatic heterocycles. The summed E-state index contributed by atoms with van der Waals surface area (Å²) in [5.74, 6) is -1.14. The summed E-state index contributed by atoms with van der Waals surface area (Å²) in [5, 5.41) is 1.80. The molecule has 1 rings (SSSR count). The summed E-state index contributed by atoms with van der Waals surface area (Å²) in [7, 11) is 1.26. The number of morpholine rings is 1. The molecule has 9 heteroatoms. The molecule has 0 bridgehead atoms. The first-order chi connectivity index (χ1) is 9.30. The largest absolute Gasteiger partial charge is 0.469 e. The Balaban J connectivity index is 2.32. The van der Waals surface area contributed by atoms with Crippen LogP contribution in [-0.2, 0) is 19.1 Å². The molecule has 1 fully saturated rings. The van der Waals surface area contributed by atoms with Crippen LogP contribution < -0.4 is 5.32 Å². The van der Waals surface area contributed by atoms with Gasteiger partial charge in [-0.15, -0.1) is 0 Å². The number of methoxy groups -OCH3 is 1. The number of nitrogens with zero attached hydrogens (tertiary/aromatic N) is 1. The Hall–Kier alpha value is -1.35. The van der Waals surface area contributed by atoms with Crippen molar-refractivity contribution in [2.75, 3.05) is 39.9 Å². The van der Waals surface area contributed by atoms with Crippen molar-refractivity contribution in [3.63, 3.8) is 0 Å². The van der Waals surface area contributed by atoms with Crippen LogP contribution in [-0.4, -0.2) is 69.0 Å². The van der Waals surface area contributed by atoms with Crippen LogP contribution in [0.4, 0.5) is 13.2 Å². The molecule has 0 aromatic carbocycles. The molecule has 1 unspecified atom stereocenters. The number of amides is 1. The van der Waals surface area contributed by atoms with E-state index < -0.39 is 30.7 Å². The first-order valence-corrected chi connectivity index (χ1v) is 6.04. The van der Waals surface area contributed by atoms with Gasteiger partial charge in [0.15, 0.2) is 0 Å². The Morgan fingerprint density at radius 1 is 1.45 bits per heavy atom. The highest BCUT2D eigenvalue weighted by Gasteiger charge is 2.29. The second-order valence-electron chi connectivity index (χ2n) is 4.40. The fourth-order valence-electron chi connectivity index (χ4n) is 1.77. The number of halogens is 3. The van der Waals surface area contributed by atoms with Gasteiger partial charge in [0.25, 0.3) is 0 Å². The van der Waals surface area contributed by atoms with Crippen LogP contribution in [0.25, 0.3) is 0 Å². The second-order valence-corrected chi connectivity index (χ2v) is 4.40. The van der Waals surface area contributed by atoms with E-state index in [9.17, 15) is 22.8 Å². The van der Waals surface area contributed by atoms with Gasteiger partial charge in [-0.1, -0.05) is 0 Å². The second kappa shape index (κ2) is 7.44. The van der Waals surface area contributed by atoms with Gasteiger partial charge in [0.05, 0.1) is 32.8 Å². The molecule has 1 heterocycles. The predicted octanol–water partition coefficient (Wildman–Crippen LogP) is -0.0712. The minimum absolute atomic E-state index is 0.0527. The molecule has 116 valence electrons. The normalized spacial score (nSPS) is 20.5. The quantitative estimate of drug-likeness (QED) is 0.720. The zero-order chi connectivity index (χ0) is 15.2. The van der Waals surface area contributed by atoms with Gasteiger partial charge >= 0.3 is 12.1 Å². The number of esters is 1. The fourth-order valence-corrected chi connectivity index (χ4v) is 1.77. The lowest BCUT2D eigenvalue weighted by Crippen LogP contribution is -2.48. The topological polar surface area (TPSA) is 67.9 Å². The van der Waals surface area contributed by atoms with Crippen LogP contribution in [0.5, 0.6) is 0 Å². The Morgan fingerprint density at radius 2 is 2.15 bits per heavy atom. The first-order valence-electron chi connectivity index (χ1n) is 6.04. The van der Waals surface area contributed by atoms with Crippen LogP contribution in [0.3, 0.4) is 0 Å². The molecule has 0 spiro atoms. The van der Waals surface area contributed by atoms with Crippen molar-refractivity contribution in [3.8, 4) is 0 Å². The Kier molecular flexibility index (Phi) is 6.21. The lowest BCUT2D eigenvalue weighted by Gasteiger charge is -2.31. The van der Waals surface area contributed by atoms with Crippen molar-refractivity contribution in [2.24, 2.45) is 0 Å². The van der Waals surface area contributed by atoms with Gasteiger partial charge in [-0.3, -0.25) is 14.5 Å². The SMILES string of the molecule is COC(=O)CC1CN(CC(=O)NCC(F)(F)F)CCO1. The van der Waals surface area contributed by atoms with E-state index in [1.807, 2.05) is 0 Å². The predicted molar refractivity (Wildman–Crippen MR) is 61.9 cm³/mol. The van der Waals surface area contributed by atoms with Crippen molar-refractivity contribution in [2.45, 2.75) is 18.7 Å². The van der Waals surface area contributed by atoms with Crippen LogP contribution in [0.1, 0.15) is 6.42 Å². The summed E-state index contributed by atoms with van der Waals surface area (Å²) in [6.45, 7) is -0.460. The van der Waals surface area contributed by atoms with Gasteiger partial charge in [-0.2, -0.15) is 13.2 Å². The Labute approximate surface area is 114 Å². The number of hydrogen-bond donors (Lipinski definition) is 1. The highest BCUT2D eigenvalue weighted by atomic mass is 19.4. The summed E-state index contributed by atoms with van der Waals surface area (Å²) in [6, 6.07) is 0. The van der Waals surface area contributed by atoms with Gasteiger partial charge in [0, 0.05) is 13.1 Å². The van der Waals surface area contributed by atoms with Crippen molar-refractivity contribution >= 4 is 11.9 Å². The molecular formula is C11H17F3N2O4. The number of hydrogen-bond acceptors (Lipinski definition) is 5. The van der Waals surface area contributed by atoms with E-state index in [0.29, 0.717) is 19.7 Å². The third-order valence-electron chi connectivity index (χ3n) is 2.70. The molecule has 1 amide bonds. The zero-order valence-electron chi connectivity index (χ0n) is 11.0. The number of nitrogens with one attached hydrogen (secondary N) is 1. The van der Waals surface area contributed by atoms with Crippen LogP contribution in [0.15, 0.2) is 0 Å². The number of rotatable bonds is 5. The average Bonchev–Trinajstić information content (AvgIpc) is 2.36. The standard InChI is InChI=1S/C11H17F3N2O4/c1-19-10(18)4-8-5-16(2-3-20-8)6-9(17)15-7-11(12,13)14/h8H,2-7H2,1H3,(H,15,17). The number of carbonyl (C=O) groups excluding carboxylic acids is 2. The number of ether oxygens (including phenoxy) is 2. The Bertz CT molecular complexity index is 349. The summed E-state index contributed by atoms with van der Waals surface area (Å²) >= 11 is 0. The van der Waals surface area contributed by atoms with Crippen molar-refractivity contribution in [3.05, 3.63) is 0 Å². The molecule has 6 nitrogen and oxygen atoms in total. The van der Waals surface area contributed by atoms with Gasteiger partial charge in [-0.05, 0) is 0 Å². The smallest absolute Gasteiger partial charge is 0.405 e. The van der Waals surface area contributed by atoms with Crippen LogP contribution >= 0.6 is 0 Å². The number of carbonyl (C=O) groups is 2. The zero-order valence-corrected chi connectivity index (χ0v) is 11.0. The maximum Gasteiger partial charge on any atom is 0.405 e. The lowest BCUT2D eigenvalue weighted by atomic mass is 10.2. The van der Waals surface area contributed by atoms with Crippen LogP contribution in [0, 0.1) is 0 Å². The molecule has 0 aliphatic carbocycles. The summed E-state index contributed by atoms with van der Waals surface area (Å²) in [4.78, 5) is 24.1. The molecule has 1 N–H and O–H groups in total. The van der Waals surface area contributed by atoms with E-state index in [4.69, 9.17) is 4.74 Å². The molecule has 0 saturated carbocycles. The van der Waals surface area contributed by atoms with Gasteiger partial charge in [0.1, 0.15) is 6.54 Å². The molecule has 1 saturated heterocycles. The maximum atomic E-state index is 11.9. The minimum Gasteiger partial charge on any atom is -0.469 e. The van der Waals surface area contributed by atoms with E-state index in [1.54, 1.807) is 10.2 Å². The van der Waals surface area contributed by atoms with E-state index in [1.165, 1.54) is 7.11 Å². The first kappa shape index (κ1) is 16.7. The van der Waals surface area contributed by atoms with Crippen LogP contribution in [0.2, 0.25) is 0 Å². The highest BCUT2D eigenvalue weighted by molar-refractivity contribution is 5.78. The number of alkyl halides is 3. The minimum atomic E-state index is -4.42. The summed E-state index contributed by atoms with van der Waals surface area (Å²) in [6.07, 6.45) is -4.78. The highest BCUT2D eigenvalue weighted by Crippen LogP contribution is 2.12. The van der Waals surface area contributed by atoms with E-state index in [0.717, 1.165) is 0 Å². The van der Waals surface area contributed by atoms with E-state index >= 15 is 0 Å². The molecule has 1 atom stereocenters. The molecule has 20 heavy (non-hydrogen) atoms. The molecule has 0 radical (unpaired) electrons. The third-order valence-corrected chi connectivity index (χ3v) is 2.70. The lowest BCUT2D eigenvalue weighted by molar-refractivity contribution is -0.146. The van der Waals surface area contributed by atoms with Crippen molar-refractivity contribution < 1.29 is 32.2 Å². The summed E-state index contributed by atoms with van der Waals surface area (Å²) < 4.78 is 45.6.